The van der Waals surface area contributed by atoms with E-state index in [0.717, 1.165) is 24.8 Å². The third kappa shape index (κ3) is 3.62. The van der Waals surface area contributed by atoms with Crippen molar-refractivity contribution in [2.75, 3.05) is 6.54 Å². The summed E-state index contributed by atoms with van der Waals surface area (Å²) in [5.41, 5.74) is 6.58. The van der Waals surface area contributed by atoms with Crippen LogP contribution in [0.1, 0.15) is 24.8 Å². The van der Waals surface area contributed by atoms with Crippen molar-refractivity contribution in [3.63, 3.8) is 0 Å². The lowest BCUT2D eigenvalue weighted by Crippen LogP contribution is -2.50. The zero-order valence-electron chi connectivity index (χ0n) is 10.9. The van der Waals surface area contributed by atoms with Crippen molar-refractivity contribution in [3.8, 4) is 0 Å². The van der Waals surface area contributed by atoms with Crippen LogP contribution < -0.4 is 5.73 Å². The van der Waals surface area contributed by atoms with E-state index >= 15 is 0 Å². The number of benzene rings is 1. The second-order valence-electron chi connectivity index (χ2n) is 4.93. The largest absolute Gasteiger partial charge is 0.392 e. The smallest absolute Gasteiger partial charge is 0.227 e. The van der Waals surface area contributed by atoms with Crippen molar-refractivity contribution in [1.82, 2.24) is 4.90 Å². The van der Waals surface area contributed by atoms with Gasteiger partial charge in [0.25, 0.3) is 0 Å². The lowest BCUT2D eigenvalue weighted by Gasteiger charge is -2.35. The SMILES string of the molecule is NC(=S)C1CCCCN1C(=O)Cc1ccc(Cl)c(Cl)c1. The Bertz CT molecular complexity index is 536. The standard InChI is InChI=1S/C14H16Cl2N2OS/c15-10-5-4-9(7-11(10)16)8-13(19)18-6-2-1-3-12(18)14(17)20/h4-5,7,12H,1-3,6,8H2,(H2,17,20). The molecule has 0 spiro atoms. The Hall–Kier alpha value is -0.840. The first-order valence-corrected chi connectivity index (χ1v) is 7.68. The van der Waals surface area contributed by atoms with Gasteiger partial charge in [-0.1, -0.05) is 41.5 Å². The van der Waals surface area contributed by atoms with Gasteiger partial charge >= 0.3 is 0 Å². The van der Waals surface area contributed by atoms with Crippen LogP contribution in [0.4, 0.5) is 0 Å². The number of halogens is 2. The van der Waals surface area contributed by atoms with Crippen molar-refractivity contribution in [2.45, 2.75) is 31.7 Å². The maximum atomic E-state index is 12.4. The molecule has 6 heteroatoms. The second-order valence-corrected chi connectivity index (χ2v) is 6.21. The highest BCUT2D eigenvalue weighted by Crippen LogP contribution is 2.24. The van der Waals surface area contributed by atoms with Crippen LogP contribution in [0.2, 0.25) is 10.0 Å². The molecule has 0 aliphatic carbocycles. The molecule has 20 heavy (non-hydrogen) atoms. The number of nitrogens with two attached hydrogens (primary N) is 1. The van der Waals surface area contributed by atoms with E-state index in [4.69, 9.17) is 41.2 Å². The minimum atomic E-state index is -0.117. The van der Waals surface area contributed by atoms with Crippen LogP contribution in [-0.4, -0.2) is 28.4 Å². The highest BCUT2D eigenvalue weighted by Gasteiger charge is 2.28. The summed E-state index contributed by atoms with van der Waals surface area (Å²) in [6, 6.07) is 5.12. The van der Waals surface area contributed by atoms with Crippen LogP contribution in [0.25, 0.3) is 0 Å². The van der Waals surface area contributed by atoms with Gasteiger partial charge in [0.1, 0.15) is 0 Å². The minimum absolute atomic E-state index is 0.0286. The van der Waals surface area contributed by atoms with Gasteiger partial charge < -0.3 is 10.6 Å². The van der Waals surface area contributed by atoms with E-state index in [0.29, 0.717) is 21.6 Å². The summed E-state index contributed by atoms with van der Waals surface area (Å²) >= 11 is 16.9. The van der Waals surface area contributed by atoms with Crippen LogP contribution in [0.5, 0.6) is 0 Å². The van der Waals surface area contributed by atoms with Gasteiger partial charge in [0.15, 0.2) is 0 Å². The van der Waals surface area contributed by atoms with Crippen LogP contribution in [-0.2, 0) is 11.2 Å². The van der Waals surface area contributed by atoms with Crippen molar-refractivity contribution < 1.29 is 4.79 Å². The molecule has 0 saturated carbocycles. The Morgan fingerprint density at radius 3 is 2.75 bits per heavy atom. The number of carbonyl (C=O) groups excluding carboxylic acids is 1. The highest BCUT2D eigenvalue weighted by atomic mass is 35.5. The predicted molar refractivity (Wildman–Crippen MR) is 86.3 cm³/mol. The number of likely N-dealkylation sites (tertiary alicyclic amines) is 1. The van der Waals surface area contributed by atoms with Gasteiger partial charge in [-0.2, -0.15) is 0 Å². The number of carbonyl (C=O) groups is 1. The van der Waals surface area contributed by atoms with E-state index < -0.39 is 0 Å². The zero-order chi connectivity index (χ0) is 14.7. The third-order valence-electron chi connectivity index (χ3n) is 3.49. The summed E-state index contributed by atoms with van der Waals surface area (Å²) < 4.78 is 0. The summed E-state index contributed by atoms with van der Waals surface area (Å²) in [5.74, 6) is 0.0286. The van der Waals surface area contributed by atoms with Gasteiger partial charge in [-0.15, -0.1) is 0 Å². The molecule has 1 aromatic carbocycles. The first-order chi connectivity index (χ1) is 9.49. The fourth-order valence-corrected chi connectivity index (χ4v) is 3.02. The quantitative estimate of drug-likeness (QED) is 0.865. The van der Waals surface area contributed by atoms with E-state index in [1.807, 2.05) is 6.07 Å². The average Bonchev–Trinajstić information content (AvgIpc) is 2.43. The molecule has 0 bridgehead atoms. The highest BCUT2D eigenvalue weighted by molar-refractivity contribution is 7.80. The van der Waals surface area contributed by atoms with Gasteiger partial charge in [0.05, 0.1) is 27.5 Å². The number of hydrogen-bond acceptors (Lipinski definition) is 2. The van der Waals surface area contributed by atoms with Crippen molar-refractivity contribution in [2.24, 2.45) is 5.73 Å². The van der Waals surface area contributed by atoms with Crippen molar-refractivity contribution in [3.05, 3.63) is 33.8 Å². The molecule has 1 aromatic rings. The molecule has 1 amide bonds. The number of hydrogen-bond donors (Lipinski definition) is 1. The molecule has 1 fully saturated rings. The van der Waals surface area contributed by atoms with E-state index in [1.54, 1.807) is 17.0 Å². The number of thiocarbonyl (C=S) groups is 1. The first-order valence-electron chi connectivity index (χ1n) is 6.51. The van der Waals surface area contributed by atoms with Crippen molar-refractivity contribution in [1.29, 1.82) is 0 Å². The van der Waals surface area contributed by atoms with Crippen molar-refractivity contribution >= 4 is 46.3 Å². The Morgan fingerprint density at radius 1 is 1.35 bits per heavy atom. The molecule has 1 unspecified atom stereocenters. The average molecular weight is 331 g/mol. The maximum absolute atomic E-state index is 12.4. The molecule has 1 atom stereocenters. The molecule has 1 aliphatic rings. The lowest BCUT2D eigenvalue weighted by molar-refractivity contribution is -0.132. The molecule has 1 aliphatic heterocycles. The van der Waals surface area contributed by atoms with E-state index in [2.05, 4.69) is 0 Å². The monoisotopic (exact) mass is 330 g/mol. The summed E-state index contributed by atoms with van der Waals surface area (Å²) in [7, 11) is 0. The number of nitrogens with zero attached hydrogens (tertiary/aromatic N) is 1. The number of piperidine rings is 1. The van der Waals surface area contributed by atoms with Gasteiger partial charge in [-0.3, -0.25) is 4.79 Å². The summed E-state index contributed by atoms with van der Waals surface area (Å²) in [5, 5.41) is 0.948. The maximum Gasteiger partial charge on any atom is 0.227 e. The van der Waals surface area contributed by atoms with Gasteiger partial charge in [0, 0.05) is 6.54 Å². The van der Waals surface area contributed by atoms with Gasteiger partial charge in [0.2, 0.25) is 5.91 Å². The Kier molecular flexibility index (Phi) is 5.24. The first kappa shape index (κ1) is 15.5. The van der Waals surface area contributed by atoms with Gasteiger partial charge in [-0.05, 0) is 37.0 Å². The van der Waals surface area contributed by atoms with E-state index in [1.165, 1.54) is 0 Å². The normalized spacial score (nSPS) is 18.9. The van der Waals surface area contributed by atoms with E-state index in [-0.39, 0.29) is 18.4 Å². The molecular weight excluding hydrogens is 315 g/mol. The molecule has 1 saturated heterocycles. The lowest BCUT2D eigenvalue weighted by atomic mass is 10.0. The van der Waals surface area contributed by atoms with Crippen LogP contribution in [0.3, 0.4) is 0 Å². The Labute approximate surface area is 134 Å². The van der Waals surface area contributed by atoms with E-state index in [9.17, 15) is 4.79 Å². The fraction of sp³-hybridized carbons (Fsp3) is 0.429. The Morgan fingerprint density at radius 2 is 2.10 bits per heavy atom. The fourth-order valence-electron chi connectivity index (χ4n) is 2.45. The molecule has 1 heterocycles. The molecular formula is C14H16Cl2N2OS. The second kappa shape index (κ2) is 6.74. The molecule has 0 aromatic heterocycles. The zero-order valence-corrected chi connectivity index (χ0v) is 13.3. The molecule has 2 N–H and O–H groups in total. The summed E-state index contributed by atoms with van der Waals surface area (Å²) in [4.78, 5) is 14.6. The van der Waals surface area contributed by atoms with Crippen LogP contribution >= 0.6 is 35.4 Å². The predicted octanol–water partition coefficient (Wildman–Crippen LogP) is 3.20. The minimum Gasteiger partial charge on any atom is -0.392 e. The molecule has 2 rings (SSSR count). The molecule has 0 radical (unpaired) electrons. The van der Waals surface area contributed by atoms with Crippen LogP contribution in [0, 0.1) is 0 Å². The summed E-state index contributed by atoms with van der Waals surface area (Å²) in [6.45, 7) is 0.710. The van der Waals surface area contributed by atoms with Gasteiger partial charge in [-0.25, -0.2) is 0 Å². The molecule has 108 valence electrons. The number of amides is 1. The summed E-state index contributed by atoms with van der Waals surface area (Å²) in [6.07, 6.45) is 3.18. The topological polar surface area (TPSA) is 46.3 Å². The molecule has 3 nitrogen and oxygen atoms in total. The third-order valence-corrected chi connectivity index (χ3v) is 4.50. The number of rotatable bonds is 3. The Balaban J connectivity index is 2.09. The van der Waals surface area contributed by atoms with Crippen LogP contribution in [0.15, 0.2) is 18.2 Å².